The van der Waals surface area contributed by atoms with Crippen LogP contribution >= 0.6 is 0 Å². The highest BCUT2D eigenvalue weighted by molar-refractivity contribution is 5.73. The summed E-state index contributed by atoms with van der Waals surface area (Å²) in [5.74, 6) is -0.397. The van der Waals surface area contributed by atoms with Gasteiger partial charge in [-0.15, -0.1) is 0 Å². The molecule has 4 heteroatoms. The smallest absolute Gasteiger partial charge is 0.320 e. The van der Waals surface area contributed by atoms with E-state index in [4.69, 9.17) is 15.3 Å². The lowest BCUT2D eigenvalue weighted by Gasteiger charge is -2.01. The van der Waals surface area contributed by atoms with Crippen molar-refractivity contribution in [3.63, 3.8) is 0 Å². The highest BCUT2D eigenvalue weighted by Gasteiger charge is 2.13. The van der Waals surface area contributed by atoms with Crippen molar-refractivity contribution >= 4 is 5.97 Å². The van der Waals surface area contributed by atoms with Gasteiger partial charge in [0.1, 0.15) is 11.8 Å². The average Bonchev–Trinajstić information content (AvgIpc) is 2.35. The summed E-state index contributed by atoms with van der Waals surface area (Å²) in [7, 11) is 0. The van der Waals surface area contributed by atoms with Crippen LogP contribution in [0.4, 0.5) is 0 Å². The van der Waals surface area contributed by atoms with E-state index in [1.165, 1.54) is 0 Å². The summed E-state index contributed by atoms with van der Waals surface area (Å²) in [6.07, 6.45) is 1.81. The Bertz CT molecular complexity index is 280. The Balaban J connectivity index is 2.58. The molecule has 0 bridgehead atoms. The Morgan fingerprint density at radius 3 is 2.92 bits per heavy atom. The van der Waals surface area contributed by atoms with Crippen molar-refractivity contribution in [3.8, 4) is 0 Å². The van der Waals surface area contributed by atoms with Crippen molar-refractivity contribution in [1.29, 1.82) is 0 Å². The number of hydrogen-bond acceptors (Lipinski definition) is 3. The molecule has 4 nitrogen and oxygen atoms in total. The Morgan fingerprint density at radius 2 is 2.50 bits per heavy atom. The summed E-state index contributed by atoms with van der Waals surface area (Å²) in [5.41, 5.74) is 6.27. The molecule has 1 aromatic heterocycles. The lowest BCUT2D eigenvalue weighted by atomic mass is 10.2. The molecule has 0 radical (unpaired) electrons. The standard InChI is InChI=1S/C8H11NO3/c1-5-2-6(12-4-5)3-7(9)8(10)11/h2,4,7H,3,9H2,1H3,(H,10,11). The maximum absolute atomic E-state index is 10.3. The van der Waals surface area contributed by atoms with Gasteiger partial charge in [-0.2, -0.15) is 0 Å². The van der Waals surface area contributed by atoms with Crippen LogP contribution in [0.5, 0.6) is 0 Å². The van der Waals surface area contributed by atoms with Crippen LogP contribution in [0.25, 0.3) is 0 Å². The number of rotatable bonds is 3. The van der Waals surface area contributed by atoms with Gasteiger partial charge in [0.2, 0.25) is 0 Å². The van der Waals surface area contributed by atoms with E-state index in [-0.39, 0.29) is 6.42 Å². The van der Waals surface area contributed by atoms with Crippen molar-refractivity contribution < 1.29 is 14.3 Å². The number of aliphatic carboxylic acids is 1. The summed E-state index contributed by atoms with van der Waals surface area (Å²) in [6.45, 7) is 1.87. The topological polar surface area (TPSA) is 76.5 Å². The predicted octanol–water partition coefficient (Wildman–Crippen LogP) is 0.542. The first-order valence-corrected chi connectivity index (χ1v) is 3.62. The molecular formula is C8H11NO3. The highest BCUT2D eigenvalue weighted by Crippen LogP contribution is 2.07. The maximum atomic E-state index is 10.3. The molecule has 0 saturated heterocycles. The number of nitrogens with two attached hydrogens (primary N) is 1. The molecule has 0 spiro atoms. The molecule has 1 unspecified atom stereocenters. The molecule has 0 amide bonds. The summed E-state index contributed by atoms with van der Waals surface area (Å²) in [5, 5.41) is 8.48. The van der Waals surface area contributed by atoms with Crippen LogP contribution in [-0.4, -0.2) is 17.1 Å². The largest absolute Gasteiger partial charge is 0.480 e. The molecule has 1 atom stereocenters. The molecule has 0 saturated carbocycles. The SMILES string of the molecule is Cc1coc(CC(N)C(=O)O)c1. The van der Waals surface area contributed by atoms with Crippen molar-refractivity contribution in [3.05, 3.63) is 23.7 Å². The predicted molar refractivity (Wildman–Crippen MR) is 42.8 cm³/mol. The quantitative estimate of drug-likeness (QED) is 0.692. The first-order chi connectivity index (χ1) is 5.59. The molecule has 0 aliphatic carbocycles. The molecule has 1 heterocycles. The number of carboxylic acid groups (broad SMARTS) is 1. The molecule has 0 aliphatic heterocycles. The minimum atomic E-state index is -1.01. The van der Waals surface area contributed by atoms with Gasteiger partial charge in [-0.05, 0) is 18.6 Å². The van der Waals surface area contributed by atoms with Crippen molar-refractivity contribution in [2.45, 2.75) is 19.4 Å². The van der Waals surface area contributed by atoms with E-state index in [2.05, 4.69) is 0 Å². The highest BCUT2D eigenvalue weighted by atomic mass is 16.4. The lowest BCUT2D eigenvalue weighted by Crippen LogP contribution is -2.32. The molecule has 1 rings (SSSR count). The summed E-state index contributed by atoms with van der Waals surface area (Å²) in [4.78, 5) is 10.3. The Hall–Kier alpha value is -1.29. The third kappa shape index (κ3) is 2.10. The van der Waals surface area contributed by atoms with E-state index in [0.29, 0.717) is 5.76 Å². The lowest BCUT2D eigenvalue weighted by molar-refractivity contribution is -0.138. The number of carboxylic acids is 1. The van der Waals surface area contributed by atoms with Crippen molar-refractivity contribution in [2.75, 3.05) is 0 Å². The molecule has 12 heavy (non-hydrogen) atoms. The third-order valence-electron chi connectivity index (χ3n) is 1.52. The molecule has 0 fully saturated rings. The normalized spacial score (nSPS) is 12.8. The van der Waals surface area contributed by atoms with Gasteiger partial charge in [-0.1, -0.05) is 0 Å². The molecule has 3 N–H and O–H groups in total. The van der Waals surface area contributed by atoms with E-state index < -0.39 is 12.0 Å². The fourth-order valence-corrected chi connectivity index (χ4v) is 0.902. The Labute approximate surface area is 70.0 Å². The first kappa shape index (κ1) is 8.80. The zero-order chi connectivity index (χ0) is 9.14. The van der Waals surface area contributed by atoms with Crippen LogP contribution < -0.4 is 5.73 Å². The van der Waals surface area contributed by atoms with Crippen LogP contribution in [0.2, 0.25) is 0 Å². The first-order valence-electron chi connectivity index (χ1n) is 3.62. The fraction of sp³-hybridized carbons (Fsp3) is 0.375. The Morgan fingerprint density at radius 1 is 1.83 bits per heavy atom. The molecule has 0 aromatic carbocycles. The van der Waals surface area contributed by atoms with Gasteiger partial charge >= 0.3 is 5.97 Å². The van der Waals surface area contributed by atoms with Crippen molar-refractivity contribution in [1.82, 2.24) is 0 Å². The molecular weight excluding hydrogens is 158 g/mol. The van der Waals surface area contributed by atoms with Crippen LogP contribution in [-0.2, 0) is 11.2 Å². The monoisotopic (exact) mass is 169 g/mol. The molecule has 0 aliphatic rings. The average molecular weight is 169 g/mol. The Kier molecular flexibility index (Phi) is 2.50. The van der Waals surface area contributed by atoms with E-state index in [1.807, 2.05) is 6.92 Å². The zero-order valence-corrected chi connectivity index (χ0v) is 6.78. The van der Waals surface area contributed by atoms with E-state index in [9.17, 15) is 4.79 Å². The van der Waals surface area contributed by atoms with Gasteiger partial charge in [-0.25, -0.2) is 0 Å². The van der Waals surface area contributed by atoms with Crippen LogP contribution in [0.1, 0.15) is 11.3 Å². The summed E-state index contributed by atoms with van der Waals surface area (Å²) >= 11 is 0. The van der Waals surface area contributed by atoms with Gasteiger partial charge in [0.15, 0.2) is 0 Å². The molecule has 66 valence electrons. The number of furan rings is 1. The van der Waals surface area contributed by atoms with Gasteiger partial charge in [-0.3, -0.25) is 4.79 Å². The van der Waals surface area contributed by atoms with Gasteiger partial charge in [0, 0.05) is 6.42 Å². The van der Waals surface area contributed by atoms with Gasteiger partial charge in [0.25, 0.3) is 0 Å². The summed E-state index contributed by atoms with van der Waals surface area (Å²) < 4.78 is 5.04. The zero-order valence-electron chi connectivity index (χ0n) is 6.78. The summed E-state index contributed by atoms with van der Waals surface area (Å²) in [6, 6.07) is 0.901. The minimum Gasteiger partial charge on any atom is -0.480 e. The van der Waals surface area contributed by atoms with Crippen LogP contribution in [0.15, 0.2) is 16.7 Å². The second-order valence-electron chi connectivity index (χ2n) is 2.74. The van der Waals surface area contributed by atoms with Crippen LogP contribution in [0.3, 0.4) is 0 Å². The third-order valence-corrected chi connectivity index (χ3v) is 1.52. The minimum absolute atomic E-state index is 0.239. The second kappa shape index (κ2) is 3.40. The van der Waals surface area contributed by atoms with Gasteiger partial charge in [0.05, 0.1) is 6.26 Å². The molecule has 1 aromatic rings. The van der Waals surface area contributed by atoms with Gasteiger partial charge < -0.3 is 15.3 Å². The number of hydrogen-bond donors (Lipinski definition) is 2. The second-order valence-corrected chi connectivity index (χ2v) is 2.74. The fourth-order valence-electron chi connectivity index (χ4n) is 0.902. The van der Waals surface area contributed by atoms with Crippen LogP contribution in [0, 0.1) is 6.92 Å². The van der Waals surface area contributed by atoms with E-state index >= 15 is 0 Å². The van der Waals surface area contributed by atoms with Crippen molar-refractivity contribution in [2.24, 2.45) is 5.73 Å². The van der Waals surface area contributed by atoms with E-state index in [1.54, 1.807) is 12.3 Å². The maximum Gasteiger partial charge on any atom is 0.320 e. The number of aryl methyl sites for hydroxylation is 1. The van der Waals surface area contributed by atoms with E-state index in [0.717, 1.165) is 5.56 Å². The number of carbonyl (C=O) groups is 1.